The van der Waals surface area contributed by atoms with Gasteiger partial charge in [0.1, 0.15) is 11.4 Å². The number of ether oxygens (including phenoxy) is 1. The summed E-state index contributed by atoms with van der Waals surface area (Å²) in [7, 11) is 0. The molecule has 0 fully saturated rings. The first-order valence-corrected chi connectivity index (χ1v) is 6.02. The van der Waals surface area contributed by atoms with E-state index < -0.39 is 11.7 Å². The predicted molar refractivity (Wildman–Crippen MR) is 69.8 cm³/mol. The molecule has 0 saturated heterocycles. The summed E-state index contributed by atoms with van der Waals surface area (Å²) >= 11 is 0. The first kappa shape index (κ1) is 18.3. The topological polar surface area (TPSA) is 69.4 Å². The van der Waals surface area contributed by atoms with Crippen molar-refractivity contribution in [1.29, 1.82) is 0 Å². The van der Waals surface area contributed by atoms with Crippen LogP contribution in [-0.2, 0) is 9.53 Å². The average Bonchev–Trinajstić information content (AvgIpc) is 1.97. The van der Waals surface area contributed by atoms with Crippen LogP contribution in [0.1, 0.15) is 60.8 Å². The molecule has 0 aromatic rings. The number of carbonyl (C=O) groups excluding carboxylic acids is 2. The molecule has 2 N–H and O–H groups in total. The molecule has 0 unspecified atom stereocenters. The zero-order chi connectivity index (χ0) is 14.1. The molecule has 0 aromatic heterocycles. The molecule has 0 spiro atoms. The van der Waals surface area contributed by atoms with Gasteiger partial charge in [-0.2, -0.15) is 0 Å². The molecular weight excluding hydrogens is 218 g/mol. The van der Waals surface area contributed by atoms with E-state index in [1.54, 1.807) is 27.7 Å². The quantitative estimate of drug-likeness (QED) is 0.826. The summed E-state index contributed by atoms with van der Waals surface area (Å²) in [5.41, 5.74) is 4.26. The molecule has 17 heavy (non-hydrogen) atoms. The van der Waals surface area contributed by atoms with Gasteiger partial charge in [-0.25, -0.2) is 4.79 Å². The van der Waals surface area contributed by atoms with E-state index in [-0.39, 0.29) is 0 Å². The lowest BCUT2D eigenvalue weighted by atomic mass is 10.1. The lowest BCUT2D eigenvalue weighted by molar-refractivity contribution is -0.117. The number of nitrogens with two attached hydrogens (primary N) is 1. The highest BCUT2D eigenvalue weighted by atomic mass is 16.6. The molecule has 0 bridgehead atoms. The Hall–Kier alpha value is -1.06. The number of primary amides is 1. The maximum atomic E-state index is 10.4. The minimum absolute atomic E-state index is 0.315. The van der Waals surface area contributed by atoms with Crippen molar-refractivity contribution in [3.8, 4) is 0 Å². The molecule has 0 rings (SSSR count). The Morgan fingerprint density at radius 1 is 1.24 bits per heavy atom. The summed E-state index contributed by atoms with van der Waals surface area (Å²) in [5, 5.41) is 0. The van der Waals surface area contributed by atoms with Gasteiger partial charge in [0.2, 0.25) is 0 Å². The van der Waals surface area contributed by atoms with E-state index in [4.69, 9.17) is 5.73 Å². The van der Waals surface area contributed by atoms with Gasteiger partial charge in [-0.3, -0.25) is 0 Å². The molecule has 4 heteroatoms. The summed E-state index contributed by atoms with van der Waals surface area (Å²) in [6, 6.07) is 0. The van der Waals surface area contributed by atoms with E-state index in [9.17, 15) is 9.59 Å². The number of rotatable bonds is 4. The fourth-order valence-electron chi connectivity index (χ4n) is 1.06. The highest BCUT2D eigenvalue weighted by Crippen LogP contribution is 2.05. The largest absolute Gasteiger partial charge is 0.444 e. The Balaban J connectivity index is 0. The van der Waals surface area contributed by atoms with Crippen molar-refractivity contribution in [1.82, 2.24) is 0 Å². The van der Waals surface area contributed by atoms with Crippen LogP contribution < -0.4 is 5.73 Å². The van der Waals surface area contributed by atoms with E-state index in [0.717, 1.165) is 18.8 Å². The highest BCUT2D eigenvalue weighted by Gasteiger charge is 2.12. The van der Waals surface area contributed by atoms with Crippen LogP contribution >= 0.6 is 0 Å². The molecule has 0 atom stereocenters. The van der Waals surface area contributed by atoms with Gasteiger partial charge in [0.05, 0.1) is 0 Å². The number of hydrogen-bond acceptors (Lipinski definition) is 3. The minimum atomic E-state index is -0.725. The lowest BCUT2D eigenvalue weighted by Crippen LogP contribution is -2.27. The van der Waals surface area contributed by atoms with E-state index in [1.165, 1.54) is 6.42 Å². The Morgan fingerprint density at radius 3 is 1.88 bits per heavy atom. The van der Waals surface area contributed by atoms with Crippen LogP contribution in [0.25, 0.3) is 0 Å². The van der Waals surface area contributed by atoms with Gasteiger partial charge in [-0.1, -0.05) is 20.3 Å². The van der Waals surface area contributed by atoms with Crippen LogP contribution in [0.5, 0.6) is 0 Å². The van der Waals surface area contributed by atoms with Crippen LogP contribution in [0.15, 0.2) is 0 Å². The van der Waals surface area contributed by atoms with Crippen LogP contribution in [0.3, 0.4) is 0 Å². The average molecular weight is 245 g/mol. The minimum Gasteiger partial charge on any atom is -0.444 e. The second-order valence-electron chi connectivity index (χ2n) is 5.52. The molecule has 102 valence electrons. The van der Waals surface area contributed by atoms with E-state index in [1.807, 2.05) is 0 Å². The van der Waals surface area contributed by atoms with Crippen LogP contribution in [-0.4, -0.2) is 17.5 Å². The normalized spacial score (nSPS) is 10.5. The first-order chi connectivity index (χ1) is 7.54. The Morgan fingerprint density at radius 2 is 1.71 bits per heavy atom. The van der Waals surface area contributed by atoms with Gasteiger partial charge in [0.15, 0.2) is 0 Å². The van der Waals surface area contributed by atoms with E-state index in [0.29, 0.717) is 5.78 Å². The van der Waals surface area contributed by atoms with Crippen molar-refractivity contribution in [2.24, 2.45) is 11.7 Å². The molecule has 0 heterocycles. The molecule has 0 aliphatic heterocycles. The van der Waals surface area contributed by atoms with Crippen molar-refractivity contribution in [3.05, 3.63) is 0 Å². The Kier molecular flexibility index (Phi) is 9.72. The third kappa shape index (κ3) is 25.3. The smallest absolute Gasteiger partial charge is 0.405 e. The van der Waals surface area contributed by atoms with Crippen LogP contribution in [0, 0.1) is 5.92 Å². The predicted octanol–water partition coefficient (Wildman–Crippen LogP) is 3.28. The molecular formula is C13H27NO3. The van der Waals surface area contributed by atoms with Gasteiger partial charge in [-0.05, 0) is 40.0 Å². The number of carbonyl (C=O) groups is 2. The zero-order valence-electron chi connectivity index (χ0n) is 12.0. The summed E-state index contributed by atoms with van der Waals surface area (Å²) in [5.74, 6) is 1.06. The number of amides is 1. The van der Waals surface area contributed by atoms with Gasteiger partial charge < -0.3 is 15.3 Å². The van der Waals surface area contributed by atoms with Crippen molar-refractivity contribution in [3.63, 3.8) is 0 Å². The zero-order valence-corrected chi connectivity index (χ0v) is 12.0. The Bertz CT molecular complexity index is 229. The number of hydrogen-bond donors (Lipinski definition) is 1. The molecule has 1 amide bonds. The fourth-order valence-corrected chi connectivity index (χ4v) is 1.06. The molecule has 0 aromatic carbocycles. The lowest BCUT2D eigenvalue weighted by Gasteiger charge is -2.16. The second kappa shape index (κ2) is 9.02. The van der Waals surface area contributed by atoms with E-state index in [2.05, 4.69) is 18.6 Å². The SMILES string of the molecule is CC(=O)CCCC(C)C.CC(C)(C)OC(N)=O. The number of Topliss-reactive ketones (excluding diaryl/α,β-unsaturated/α-hetero) is 1. The van der Waals surface area contributed by atoms with Gasteiger partial charge in [0.25, 0.3) is 0 Å². The third-order valence-electron chi connectivity index (χ3n) is 1.72. The maximum Gasteiger partial charge on any atom is 0.405 e. The van der Waals surface area contributed by atoms with Crippen molar-refractivity contribution in [2.75, 3.05) is 0 Å². The standard InChI is InChI=1S/C8H16O.C5H11NO2/c1-7(2)5-4-6-8(3)9;1-5(2,3)8-4(6)7/h7H,4-6H2,1-3H3;1-3H3,(H2,6,7). The van der Waals surface area contributed by atoms with Crippen molar-refractivity contribution < 1.29 is 14.3 Å². The van der Waals surface area contributed by atoms with Gasteiger partial charge in [0, 0.05) is 6.42 Å². The molecule has 0 aliphatic carbocycles. The Labute approximate surface area is 105 Å². The fraction of sp³-hybridized carbons (Fsp3) is 0.846. The van der Waals surface area contributed by atoms with E-state index >= 15 is 0 Å². The summed E-state index contributed by atoms with van der Waals surface area (Å²) in [6.07, 6.45) is 2.28. The summed E-state index contributed by atoms with van der Waals surface area (Å²) in [6.45, 7) is 11.3. The summed E-state index contributed by atoms with van der Waals surface area (Å²) in [4.78, 5) is 20.4. The summed E-state index contributed by atoms with van der Waals surface area (Å²) < 4.78 is 4.58. The van der Waals surface area contributed by atoms with Crippen LogP contribution in [0.2, 0.25) is 0 Å². The van der Waals surface area contributed by atoms with Crippen molar-refractivity contribution >= 4 is 11.9 Å². The third-order valence-corrected chi connectivity index (χ3v) is 1.72. The highest BCUT2D eigenvalue weighted by molar-refractivity contribution is 5.75. The maximum absolute atomic E-state index is 10.4. The van der Waals surface area contributed by atoms with Gasteiger partial charge in [-0.15, -0.1) is 0 Å². The second-order valence-corrected chi connectivity index (χ2v) is 5.52. The molecule has 0 radical (unpaired) electrons. The first-order valence-electron chi connectivity index (χ1n) is 6.02. The molecule has 0 saturated carbocycles. The monoisotopic (exact) mass is 245 g/mol. The number of ketones is 1. The molecule has 0 aliphatic rings. The van der Waals surface area contributed by atoms with Crippen molar-refractivity contribution in [2.45, 2.75) is 66.4 Å². The molecule has 4 nitrogen and oxygen atoms in total. The van der Waals surface area contributed by atoms with Gasteiger partial charge >= 0.3 is 6.09 Å². The van der Waals surface area contributed by atoms with Crippen LogP contribution in [0.4, 0.5) is 4.79 Å².